The third-order valence-corrected chi connectivity index (χ3v) is 3.93. The number of hydrogen-bond donors (Lipinski definition) is 4. The molecule has 0 aliphatic carbocycles. The highest BCUT2D eigenvalue weighted by atomic mass is 19.1. The number of aliphatic imine (C=N–C) groups is 1. The first-order valence-electron chi connectivity index (χ1n) is 8.77. The van der Waals surface area contributed by atoms with Gasteiger partial charge in [0, 0.05) is 10.9 Å². The van der Waals surface area contributed by atoms with Crippen LogP contribution in [-0.2, 0) is 0 Å². The number of hydrogen-bond acceptors (Lipinski definition) is 4. The number of carbonyl (C=O) groups is 1. The van der Waals surface area contributed by atoms with E-state index in [0.29, 0.717) is 22.3 Å². The normalized spacial score (nSPS) is 12.2. The number of fused-ring (bicyclic) bond motifs is 1. The maximum absolute atomic E-state index is 13.4. The van der Waals surface area contributed by atoms with Crippen LogP contribution < -0.4 is 10.6 Å². The Labute approximate surface area is 161 Å². The van der Waals surface area contributed by atoms with Crippen LogP contribution in [0.2, 0.25) is 0 Å². The first-order chi connectivity index (χ1) is 13.2. The van der Waals surface area contributed by atoms with Crippen LogP contribution in [0.5, 0.6) is 0 Å². The number of aromatic nitrogens is 2. The van der Waals surface area contributed by atoms with Gasteiger partial charge < -0.3 is 10.4 Å². The Balaban J connectivity index is 1.86. The Hall–Kier alpha value is -3.26. The van der Waals surface area contributed by atoms with Crippen molar-refractivity contribution in [2.45, 2.75) is 26.4 Å². The molecular formula is C20H22FN5O2. The molecule has 0 unspecified atom stereocenters. The molecule has 0 bridgehead atoms. The minimum absolute atomic E-state index is 0.0560. The first kappa shape index (κ1) is 19.5. The highest BCUT2D eigenvalue weighted by molar-refractivity contribution is 6.11. The largest absolute Gasteiger partial charge is 0.389 e. The van der Waals surface area contributed by atoms with Gasteiger partial charge in [-0.3, -0.25) is 15.2 Å². The highest BCUT2D eigenvalue weighted by Gasteiger charge is 2.16. The van der Waals surface area contributed by atoms with Crippen molar-refractivity contribution in [3.8, 4) is 0 Å². The molecule has 146 valence electrons. The molecule has 3 aromatic rings. The van der Waals surface area contributed by atoms with E-state index in [9.17, 15) is 14.3 Å². The molecule has 0 saturated carbocycles. The molecular weight excluding hydrogens is 361 g/mol. The van der Waals surface area contributed by atoms with Crippen molar-refractivity contribution in [3.63, 3.8) is 0 Å². The first-order valence-corrected chi connectivity index (χ1v) is 8.77. The number of anilines is 1. The molecule has 1 aromatic heterocycles. The summed E-state index contributed by atoms with van der Waals surface area (Å²) >= 11 is 0. The third kappa shape index (κ3) is 4.92. The van der Waals surface area contributed by atoms with E-state index in [0.717, 1.165) is 5.56 Å². The molecule has 28 heavy (non-hydrogen) atoms. The number of nitrogens with zero attached hydrogens (tertiary/aromatic N) is 2. The number of aromatic amines is 1. The lowest BCUT2D eigenvalue weighted by atomic mass is 10.1. The second-order valence-corrected chi connectivity index (χ2v) is 7.18. The fourth-order valence-electron chi connectivity index (χ4n) is 2.47. The Morgan fingerprint density at radius 2 is 1.96 bits per heavy atom. The summed E-state index contributed by atoms with van der Waals surface area (Å²) in [6.07, 6.45) is 0. The zero-order chi connectivity index (χ0) is 20.3. The van der Waals surface area contributed by atoms with Crippen LogP contribution in [0.3, 0.4) is 0 Å². The Kier molecular flexibility index (Phi) is 5.41. The maximum atomic E-state index is 13.4. The highest BCUT2D eigenvalue weighted by Crippen LogP contribution is 2.21. The molecule has 3 rings (SSSR count). The van der Waals surface area contributed by atoms with Crippen molar-refractivity contribution < 1.29 is 14.3 Å². The predicted molar refractivity (Wildman–Crippen MR) is 107 cm³/mol. The molecule has 1 amide bonds. The van der Waals surface area contributed by atoms with Crippen molar-refractivity contribution in [2.75, 3.05) is 11.9 Å². The molecule has 7 nitrogen and oxygen atoms in total. The van der Waals surface area contributed by atoms with E-state index < -0.39 is 5.60 Å². The van der Waals surface area contributed by atoms with Crippen molar-refractivity contribution >= 4 is 28.6 Å². The molecule has 1 heterocycles. The lowest BCUT2D eigenvalue weighted by Crippen LogP contribution is -2.37. The Morgan fingerprint density at radius 3 is 2.64 bits per heavy atom. The Morgan fingerprint density at radius 1 is 1.25 bits per heavy atom. The lowest BCUT2D eigenvalue weighted by Gasteiger charge is -2.16. The van der Waals surface area contributed by atoms with Crippen LogP contribution in [0, 0.1) is 12.7 Å². The monoisotopic (exact) mass is 383 g/mol. The van der Waals surface area contributed by atoms with Crippen LogP contribution in [0.4, 0.5) is 10.2 Å². The number of aliphatic hydroxyl groups is 1. The number of rotatable bonds is 4. The maximum Gasteiger partial charge on any atom is 0.257 e. The van der Waals surface area contributed by atoms with Crippen LogP contribution in [-0.4, -0.2) is 39.3 Å². The van der Waals surface area contributed by atoms with Gasteiger partial charge in [0.05, 0.1) is 17.7 Å². The van der Waals surface area contributed by atoms with E-state index in [-0.39, 0.29) is 24.2 Å². The molecule has 4 N–H and O–H groups in total. The van der Waals surface area contributed by atoms with E-state index in [2.05, 4.69) is 25.8 Å². The summed E-state index contributed by atoms with van der Waals surface area (Å²) < 4.78 is 13.4. The van der Waals surface area contributed by atoms with Crippen LogP contribution in [0.15, 0.2) is 47.5 Å². The summed E-state index contributed by atoms with van der Waals surface area (Å²) in [4.78, 5) is 16.8. The van der Waals surface area contributed by atoms with Crippen LogP contribution in [0.25, 0.3) is 10.9 Å². The summed E-state index contributed by atoms with van der Waals surface area (Å²) in [5.41, 5.74) is 0.963. The smallest absolute Gasteiger partial charge is 0.257 e. The molecule has 0 atom stereocenters. The number of H-pyrrole nitrogens is 1. The van der Waals surface area contributed by atoms with E-state index >= 15 is 0 Å². The summed E-state index contributed by atoms with van der Waals surface area (Å²) in [7, 11) is 0. The minimum Gasteiger partial charge on any atom is -0.389 e. The average molecular weight is 383 g/mol. The number of aryl methyl sites for hydroxylation is 1. The second-order valence-electron chi connectivity index (χ2n) is 7.18. The molecule has 0 saturated heterocycles. The minimum atomic E-state index is -1.06. The van der Waals surface area contributed by atoms with E-state index in [1.807, 2.05) is 19.1 Å². The standard InChI is InChI=1S/C20H22FN5O2/c1-12-4-6-13(7-5-12)18(27)24-19(22-11-20(2,3)28)23-17-15-9-8-14(21)10-16(15)25-26-17/h4-10,28H,11H2,1-3H3,(H3,22,23,24,25,26,27). The van der Waals surface area contributed by atoms with Gasteiger partial charge in [-0.15, -0.1) is 0 Å². The van der Waals surface area contributed by atoms with Gasteiger partial charge in [-0.25, -0.2) is 9.38 Å². The van der Waals surface area contributed by atoms with Gasteiger partial charge in [-0.05, 0) is 51.1 Å². The van der Waals surface area contributed by atoms with E-state index in [1.54, 1.807) is 32.0 Å². The Bertz CT molecular complexity index is 1020. The zero-order valence-electron chi connectivity index (χ0n) is 15.9. The summed E-state index contributed by atoms with van der Waals surface area (Å²) in [6.45, 7) is 5.22. The third-order valence-electron chi connectivity index (χ3n) is 3.93. The van der Waals surface area contributed by atoms with Crippen LogP contribution in [0.1, 0.15) is 29.8 Å². The average Bonchev–Trinajstić information content (AvgIpc) is 3.01. The van der Waals surface area contributed by atoms with Crippen molar-refractivity contribution in [2.24, 2.45) is 4.99 Å². The van der Waals surface area contributed by atoms with Crippen LogP contribution >= 0.6 is 0 Å². The van der Waals surface area contributed by atoms with E-state index in [1.165, 1.54) is 12.1 Å². The number of amides is 1. The fourth-order valence-corrected chi connectivity index (χ4v) is 2.47. The van der Waals surface area contributed by atoms with Gasteiger partial charge in [0.2, 0.25) is 5.96 Å². The van der Waals surface area contributed by atoms with Gasteiger partial charge in [0.1, 0.15) is 5.82 Å². The van der Waals surface area contributed by atoms with Crippen molar-refractivity contribution in [1.29, 1.82) is 0 Å². The van der Waals surface area contributed by atoms with Gasteiger partial charge in [-0.1, -0.05) is 17.7 Å². The summed E-state index contributed by atoms with van der Waals surface area (Å²) in [6, 6.07) is 11.3. The number of carbonyl (C=O) groups excluding carboxylic acids is 1. The topological polar surface area (TPSA) is 102 Å². The predicted octanol–water partition coefficient (Wildman–Crippen LogP) is 2.98. The lowest BCUT2D eigenvalue weighted by molar-refractivity contribution is 0.0897. The van der Waals surface area contributed by atoms with Gasteiger partial charge >= 0.3 is 0 Å². The fraction of sp³-hybridized carbons (Fsp3) is 0.250. The molecule has 0 spiro atoms. The molecule has 0 aliphatic heterocycles. The van der Waals surface area contributed by atoms with Gasteiger partial charge in [-0.2, -0.15) is 5.10 Å². The second kappa shape index (κ2) is 7.77. The number of halogens is 1. The zero-order valence-corrected chi connectivity index (χ0v) is 15.9. The van der Waals surface area contributed by atoms with Gasteiger partial charge in [0.25, 0.3) is 5.91 Å². The number of guanidine groups is 1. The van der Waals surface area contributed by atoms with Crippen molar-refractivity contribution in [1.82, 2.24) is 15.5 Å². The molecule has 0 fully saturated rings. The van der Waals surface area contributed by atoms with E-state index in [4.69, 9.17) is 0 Å². The summed E-state index contributed by atoms with van der Waals surface area (Å²) in [5, 5.41) is 23.1. The van der Waals surface area contributed by atoms with Gasteiger partial charge in [0.15, 0.2) is 5.82 Å². The SMILES string of the molecule is Cc1ccc(C(=O)NC(=NCC(C)(C)O)Nc2n[nH]c3cc(F)ccc23)cc1. The molecule has 2 aromatic carbocycles. The van der Waals surface area contributed by atoms with Crippen molar-refractivity contribution in [3.05, 3.63) is 59.4 Å². The molecule has 0 radical (unpaired) electrons. The molecule has 0 aliphatic rings. The number of benzene rings is 2. The quantitative estimate of drug-likeness (QED) is 0.411. The molecule has 8 heteroatoms. The number of nitrogens with one attached hydrogen (secondary N) is 3. The summed E-state index contributed by atoms with van der Waals surface area (Å²) in [5.74, 6) is -0.224.